The summed E-state index contributed by atoms with van der Waals surface area (Å²) >= 11 is 3.10. The molecule has 124 valence electrons. The molecule has 1 N–H and O–H groups in total. The minimum Gasteiger partial charge on any atom is -0.394 e. The van der Waals surface area contributed by atoms with Crippen LogP contribution in [0.15, 0.2) is 5.16 Å². The van der Waals surface area contributed by atoms with E-state index in [1.165, 1.54) is 0 Å². The van der Waals surface area contributed by atoms with Crippen LogP contribution >= 0.6 is 15.9 Å². The fourth-order valence-electron chi connectivity index (χ4n) is 1.72. The van der Waals surface area contributed by atoms with Gasteiger partial charge in [0.2, 0.25) is 5.91 Å². The van der Waals surface area contributed by atoms with Gasteiger partial charge < -0.3 is 10.2 Å². The van der Waals surface area contributed by atoms with Gasteiger partial charge in [-0.25, -0.2) is 0 Å². The minimum absolute atomic E-state index is 0.0412. The van der Waals surface area contributed by atoms with E-state index in [1.807, 2.05) is 0 Å². The van der Waals surface area contributed by atoms with E-state index >= 15 is 0 Å². The van der Waals surface area contributed by atoms with Crippen molar-refractivity contribution in [3.63, 3.8) is 0 Å². The van der Waals surface area contributed by atoms with Gasteiger partial charge >= 0.3 is 0 Å². The zero-order valence-corrected chi connectivity index (χ0v) is 16.1. The lowest BCUT2D eigenvalue weighted by Crippen LogP contribution is -2.30. The number of hydrogen-bond donors (Lipinski definition) is 1. The summed E-state index contributed by atoms with van der Waals surface area (Å²) in [6.45, 7) is 16.3. The van der Waals surface area contributed by atoms with Crippen LogP contribution in [0.25, 0.3) is 0 Å². The fourth-order valence-corrected chi connectivity index (χ4v) is 1.92. The molecule has 0 saturated heterocycles. The highest BCUT2D eigenvalue weighted by Gasteiger charge is 2.28. The first-order valence-corrected chi connectivity index (χ1v) is 8.61. The number of nitrogens with one attached hydrogen (secondary N) is 1. The van der Waals surface area contributed by atoms with Crippen LogP contribution in [-0.4, -0.2) is 30.1 Å². The van der Waals surface area contributed by atoms with Crippen molar-refractivity contribution in [3.05, 3.63) is 0 Å². The maximum atomic E-state index is 11.1. The molecule has 0 radical (unpaired) electrons. The molecule has 0 bridgehead atoms. The zero-order chi connectivity index (χ0) is 16.7. The average Bonchev–Trinajstić information content (AvgIpc) is 2.33. The van der Waals surface area contributed by atoms with Gasteiger partial charge in [-0.2, -0.15) is 0 Å². The predicted molar refractivity (Wildman–Crippen MR) is 92.9 cm³/mol. The Hall–Kier alpha value is -0.580. The molecular weight excluding hydrogens is 332 g/mol. The standard InChI is InChI=1S/C16H31BrN2O2/c1-12(16(5,6)7)13(10-15(2,3)4)19-21-9-8-18-14(20)11-17/h12H,8-11H2,1-7H3,(H,18,20)/t12-/m0/s1. The summed E-state index contributed by atoms with van der Waals surface area (Å²) in [5, 5.41) is 7.40. The van der Waals surface area contributed by atoms with Crippen molar-refractivity contribution in [1.82, 2.24) is 5.32 Å². The van der Waals surface area contributed by atoms with Crippen molar-refractivity contribution >= 4 is 27.5 Å². The van der Waals surface area contributed by atoms with Crippen molar-refractivity contribution in [2.45, 2.75) is 54.9 Å². The predicted octanol–water partition coefficient (Wildman–Crippen LogP) is 3.99. The molecule has 0 aromatic rings. The van der Waals surface area contributed by atoms with Crippen LogP contribution in [0.5, 0.6) is 0 Å². The van der Waals surface area contributed by atoms with Crippen LogP contribution in [0.1, 0.15) is 54.9 Å². The van der Waals surface area contributed by atoms with E-state index in [1.54, 1.807) is 0 Å². The van der Waals surface area contributed by atoms with Gasteiger partial charge in [0.25, 0.3) is 0 Å². The second-order valence-electron chi connectivity index (χ2n) is 7.72. The molecule has 0 aliphatic rings. The van der Waals surface area contributed by atoms with Crippen molar-refractivity contribution in [2.75, 3.05) is 18.5 Å². The summed E-state index contributed by atoms with van der Waals surface area (Å²) < 4.78 is 0. The van der Waals surface area contributed by atoms with Gasteiger partial charge in [0.05, 0.1) is 17.6 Å². The SMILES string of the molecule is C[C@@H](C(CC(C)(C)C)=NOCCNC(=O)CBr)C(C)(C)C. The molecule has 0 aliphatic carbocycles. The van der Waals surface area contributed by atoms with E-state index in [0.717, 1.165) is 12.1 Å². The van der Waals surface area contributed by atoms with Crippen LogP contribution in [0, 0.1) is 16.7 Å². The first kappa shape index (κ1) is 20.4. The molecule has 4 nitrogen and oxygen atoms in total. The Labute approximate surface area is 138 Å². The molecule has 0 saturated carbocycles. The third-order valence-corrected chi connectivity index (χ3v) is 3.84. The molecule has 5 heteroatoms. The summed E-state index contributed by atoms with van der Waals surface area (Å²) in [5.74, 6) is 0.300. The normalized spacial score (nSPS) is 14.8. The lowest BCUT2D eigenvalue weighted by atomic mass is 9.75. The van der Waals surface area contributed by atoms with Gasteiger partial charge in [0, 0.05) is 5.92 Å². The van der Waals surface area contributed by atoms with Gasteiger partial charge in [-0.05, 0) is 17.3 Å². The lowest BCUT2D eigenvalue weighted by Gasteiger charge is -2.31. The number of halogens is 1. The summed E-state index contributed by atoms with van der Waals surface area (Å²) in [6.07, 6.45) is 0.902. The third-order valence-electron chi connectivity index (χ3n) is 3.33. The first-order chi connectivity index (χ1) is 9.47. The van der Waals surface area contributed by atoms with Gasteiger partial charge in [-0.3, -0.25) is 4.79 Å². The topological polar surface area (TPSA) is 50.7 Å². The smallest absolute Gasteiger partial charge is 0.230 e. The van der Waals surface area contributed by atoms with E-state index in [4.69, 9.17) is 4.84 Å². The van der Waals surface area contributed by atoms with Gasteiger partial charge in [0.1, 0.15) is 6.61 Å². The molecule has 1 atom stereocenters. The van der Waals surface area contributed by atoms with Crippen molar-refractivity contribution in [2.24, 2.45) is 21.9 Å². The van der Waals surface area contributed by atoms with Crippen molar-refractivity contribution < 1.29 is 9.63 Å². The summed E-state index contributed by atoms with van der Waals surface area (Å²) in [7, 11) is 0. The molecule has 0 heterocycles. The molecule has 0 unspecified atom stereocenters. The zero-order valence-electron chi connectivity index (χ0n) is 14.5. The first-order valence-electron chi connectivity index (χ1n) is 7.49. The Kier molecular flexibility index (Phi) is 8.52. The molecule has 0 spiro atoms. The largest absolute Gasteiger partial charge is 0.394 e. The van der Waals surface area contributed by atoms with Gasteiger partial charge in [-0.15, -0.1) is 0 Å². The van der Waals surface area contributed by atoms with Crippen molar-refractivity contribution in [1.29, 1.82) is 0 Å². The molecule has 0 aromatic heterocycles. The van der Waals surface area contributed by atoms with Gasteiger partial charge in [-0.1, -0.05) is 69.6 Å². The number of amides is 1. The highest BCUT2D eigenvalue weighted by atomic mass is 79.9. The van der Waals surface area contributed by atoms with E-state index in [2.05, 4.69) is 74.9 Å². The Morgan fingerprint density at radius 1 is 1.24 bits per heavy atom. The van der Waals surface area contributed by atoms with E-state index in [-0.39, 0.29) is 16.7 Å². The van der Waals surface area contributed by atoms with Gasteiger partial charge in [0.15, 0.2) is 0 Å². The maximum absolute atomic E-state index is 11.1. The molecule has 0 rings (SSSR count). The summed E-state index contributed by atoms with van der Waals surface area (Å²) in [4.78, 5) is 16.5. The molecule has 0 aromatic carbocycles. The van der Waals surface area contributed by atoms with E-state index in [0.29, 0.717) is 24.4 Å². The Balaban J connectivity index is 4.59. The molecule has 0 aliphatic heterocycles. The van der Waals surface area contributed by atoms with Crippen molar-refractivity contribution in [3.8, 4) is 0 Å². The molecule has 21 heavy (non-hydrogen) atoms. The Morgan fingerprint density at radius 3 is 2.24 bits per heavy atom. The van der Waals surface area contributed by atoms with E-state index < -0.39 is 0 Å². The van der Waals surface area contributed by atoms with E-state index in [9.17, 15) is 4.79 Å². The van der Waals surface area contributed by atoms with Crippen LogP contribution in [0.2, 0.25) is 0 Å². The second-order valence-corrected chi connectivity index (χ2v) is 8.29. The lowest BCUT2D eigenvalue weighted by molar-refractivity contribution is -0.118. The minimum atomic E-state index is -0.0412. The second kappa shape index (κ2) is 8.76. The molecular formula is C16H31BrN2O2. The Bertz CT molecular complexity index is 354. The number of oxime groups is 1. The number of carbonyl (C=O) groups excluding carboxylic acids is 1. The van der Waals surface area contributed by atoms with Crippen LogP contribution in [0.3, 0.4) is 0 Å². The number of alkyl halides is 1. The van der Waals surface area contributed by atoms with Crippen LogP contribution in [-0.2, 0) is 9.63 Å². The number of rotatable bonds is 7. The van der Waals surface area contributed by atoms with Crippen LogP contribution < -0.4 is 5.32 Å². The quantitative estimate of drug-likeness (QED) is 0.322. The number of nitrogens with zero attached hydrogens (tertiary/aromatic N) is 1. The summed E-state index contributed by atoms with van der Waals surface area (Å²) in [5.41, 5.74) is 1.41. The monoisotopic (exact) mass is 362 g/mol. The number of hydrogen-bond acceptors (Lipinski definition) is 3. The molecule has 0 fully saturated rings. The fraction of sp³-hybridized carbons (Fsp3) is 0.875. The summed E-state index contributed by atoms with van der Waals surface area (Å²) in [6, 6.07) is 0. The Morgan fingerprint density at radius 2 is 1.81 bits per heavy atom. The maximum Gasteiger partial charge on any atom is 0.230 e. The highest BCUT2D eigenvalue weighted by Crippen LogP contribution is 2.31. The number of carbonyl (C=O) groups is 1. The third kappa shape index (κ3) is 9.88. The van der Waals surface area contributed by atoms with Crippen LogP contribution in [0.4, 0.5) is 0 Å². The molecule has 1 amide bonds. The average molecular weight is 363 g/mol. The highest BCUT2D eigenvalue weighted by molar-refractivity contribution is 9.09.